The number of hydrogen-bond acceptors (Lipinski definition) is 6. The van der Waals surface area contributed by atoms with E-state index < -0.39 is 11.8 Å². The highest BCUT2D eigenvalue weighted by molar-refractivity contribution is 7.09. The van der Waals surface area contributed by atoms with Gasteiger partial charge >= 0.3 is 6.03 Å². The van der Waals surface area contributed by atoms with Gasteiger partial charge in [0.2, 0.25) is 0 Å². The van der Waals surface area contributed by atoms with Crippen LogP contribution in [-0.4, -0.2) is 38.8 Å². The summed E-state index contributed by atoms with van der Waals surface area (Å²) in [4.78, 5) is 18.1. The maximum Gasteiger partial charge on any atom is 0.316 e. The van der Waals surface area contributed by atoms with Crippen molar-refractivity contribution in [3.05, 3.63) is 75.6 Å². The van der Waals surface area contributed by atoms with Crippen LogP contribution in [-0.2, 0) is 19.5 Å². The summed E-state index contributed by atoms with van der Waals surface area (Å²) in [5.41, 5.74) is 10.6. The van der Waals surface area contributed by atoms with Gasteiger partial charge in [0, 0.05) is 42.2 Å². The minimum Gasteiger partial charge on any atom is -0.491 e. The Morgan fingerprint density at radius 1 is 1.29 bits per heavy atom. The van der Waals surface area contributed by atoms with Gasteiger partial charge in [0.05, 0.1) is 30.2 Å². The molecule has 0 unspecified atom stereocenters. The number of rotatable bonds is 8. The average molecular weight is 535 g/mol. The van der Waals surface area contributed by atoms with Gasteiger partial charge in [-0.25, -0.2) is 18.9 Å². The van der Waals surface area contributed by atoms with Crippen LogP contribution in [0.1, 0.15) is 35.7 Å². The summed E-state index contributed by atoms with van der Waals surface area (Å²) >= 11 is 1.64. The van der Waals surface area contributed by atoms with Crippen LogP contribution in [0, 0.1) is 18.7 Å². The molecule has 2 aromatic heterocycles. The molecule has 1 aliphatic rings. The normalized spacial score (nSPS) is 13.5. The first-order chi connectivity index (χ1) is 18.3. The van der Waals surface area contributed by atoms with Gasteiger partial charge in [-0.15, -0.1) is 11.3 Å². The summed E-state index contributed by atoms with van der Waals surface area (Å²) in [6.07, 6.45) is 2.58. The summed E-state index contributed by atoms with van der Waals surface area (Å²) < 4.78 is 23.2. The van der Waals surface area contributed by atoms with E-state index >= 15 is 4.39 Å². The second-order valence-electron chi connectivity index (χ2n) is 9.88. The second-order valence-corrected chi connectivity index (χ2v) is 10.9. The largest absolute Gasteiger partial charge is 0.491 e. The molecule has 2 amide bonds. The first-order valence-corrected chi connectivity index (χ1v) is 13.5. The summed E-state index contributed by atoms with van der Waals surface area (Å²) in [7, 11) is 0. The van der Waals surface area contributed by atoms with E-state index in [0.717, 1.165) is 58.5 Å². The standard InChI is InChI=1S/C28H31FN6O2S/c1-17(2)16-37-24-6-4-5-18(3)26(24)35-27(19-7-8-23(21(29)13-19)32-28(30)36)20-14-34(11-9-22(20)33-35)15-25-31-10-12-38-25/h4-8,10,12-13,17H,9,11,14-16H2,1-3H3,(H3,30,32,36). The Balaban J connectivity index is 1.64. The van der Waals surface area contributed by atoms with E-state index in [-0.39, 0.29) is 5.69 Å². The molecule has 0 saturated carbocycles. The molecule has 38 heavy (non-hydrogen) atoms. The van der Waals surface area contributed by atoms with Crippen LogP contribution >= 0.6 is 11.3 Å². The van der Waals surface area contributed by atoms with Gasteiger partial charge in [0.25, 0.3) is 0 Å². The van der Waals surface area contributed by atoms with E-state index in [1.54, 1.807) is 17.4 Å². The van der Waals surface area contributed by atoms with Crippen molar-refractivity contribution in [2.45, 2.75) is 40.3 Å². The van der Waals surface area contributed by atoms with E-state index in [0.29, 0.717) is 24.6 Å². The highest BCUT2D eigenvalue weighted by atomic mass is 32.1. The van der Waals surface area contributed by atoms with Crippen molar-refractivity contribution in [3.8, 4) is 22.7 Å². The second kappa shape index (κ2) is 10.9. The first-order valence-electron chi connectivity index (χ1n) is 12.6. The number of aryl methyl sites for hydroxylation is 1. The summed E-state index contributed by atoms with van der Waals surface area (Å²) in [5, 5.41) is 10.4. The number of para-hydroxylation sites is 1. The van der Waals surface area contributed by atoms with Gasteiger partial charge in [-0.1, -0.05) is 32.0 Å². The topological polar surface area (TPSA) is 98.3 Å². The summed E-state index contributed by atoms with van der Waals surface area (Å²) in [6.45, 7) is 9.05. The number of fused-ring (bicyclic) bond motifs is 1. The molecule has 0 saturated heterocycles. The van der Waals surface area contributed by atoms with Gasteiger partial charge in [-0.05, 0) is 36.6 Å². The zero-order valence-corrected chi connectivity index (χ0v) is 22.5. The number of amides is 2. The van der Waals surface area contributed by atoms with E-state index in [2.05, 4.69) is 29.0 Å². The zero-order valence-electron chi connectivity index (χ0n) is 21.7. The van der Waals surface area contributed by atoms with Gasteiger partial charge < -0.3 is 15.8 Å². The average Bonchev–Trinajstić information content (AvgIpc) is 3.51. The SMILES string of the molecule is Cc1cccc(OCC(C)C)c1-n1nc2c(c1-c1ccc(NC(N)=O)c(F)c1)CN(Cc1nccs1)CC2. The number of urea groups is 1. The number of thiazole rings is 1. The Morgan fingerprint density at radius 3 is 2.84 bits per heavy atom. The number of carbonyl (C=O) groups excluding carboxylic acids is 1. The lowest BCUT2D eigenvalue weighted by Gasteiger charge is -2.26. The van der Waals surface area contributed by atoms with Gasteiger partial charge in [0.15, 0.2) is 0 Å². The van der Waals surface area contributed by atoms with Crippen molar-refractivity contribution in [1.29, 1.82) is 0 Å². The minimum absolute atomic E-state index is 0.0310. The number of ether oxygens (including phenoxy) is 1. The number of aromatic nitrogens is 3. The van der Waals surface area contributed by atoms with Crippen LogP contribution in [0.4, 0.5) is 14.9 Å². The Labute approximate surface area is 225 Å². The predicted molar refractivity (Wildman–Crippen MR) is 147 cm³/mol. The van der Waals surface area contributed by atoms with Crippen molar-refractivity contribution in [2.75, 3.05) is 18.5 Å². The summed E-state index contributed by atoms with van der Waals surface area (Å²) in [5.74, 6) is 0.513. The molecule has 0 fully saturated rings. The lowest BCUT2D eigenvalue weighted by Crippen LogP contribution is -2.29. The van der Waals surface area contributed by atoms with Crippen molar-refractivity contribution >= 4 is 23.1 Å². The molecule has 198 valence electrons. The van der Waals surface area contributed by atoms with Crippen molar-refractivity contribution in [3.63, 3.8) is 0 Å². The summed E-state index contributed by atoms with van der Waals surface area (Å²) in [6, 6.07) is 9.87. The molecular formula is C28H31FN6O2S. The number of nitrogens with one attached hydrogen (secondary N) is 1. The fourth-order valence-corrected chi connectivity index (χ4v) is 5.38. The van der Waals surface area contributed by atoms with Crippen LogP contribution < -0.4 is 15.8 Å². The van der Waals surface area contributed by atoms with Gasteiger partial charge in [0.1, 0.15) is 22.3 Å². The molecule has 1 aliphatic heterocycles. The monoisotopic (exact) mass is 534 g/mol. The molecule has 0 atom stereocenters. The molecule has 3 heterocycles. The van der Waals surface area contributed by atoms with Crippen molar-refractivity contribution < 1.29 is 13.9 Å². The smallest absolute Gasteiger partial charge is 0.316 e. The number of hydrogen-bond donors (Lipinski definition) is 2. The maximum absolute atomic E-state index is 15.1. The van der Waals surface area contributed by atoms with Gasteiger partial charge in [-0.2, -0.15) is 5.10 Å². The third-order valence-electron chi connectivity index (χ3n) is 6.44. The maximum atomic E-state index is 15.1. The molecule has 4 aromatic rings. The molecule has 3 N–H and O–H groups in total. The number of carbonyl (C=O) groups is 1. The third kappa shape index (κ3) is 5.41. The number of benzene rings is 2. The molecule has 5 rings (SSSR count). The van der Waals surface area contributed by atoms with Crippen LogP contribution in [0.25, 0.3) is 16.9 Å². The molecule has 8 nitrogen and oxygen atoms in total. The van der Waals surface area contributed by atoms with E-state index in [4.69, 9.17) is 15.6 Å². The molecule has 0 spiro atoms. The number of halogens is 1. The van der Waals surface area contributed by atoms with E-state index in [1.807, 2.05) is 41.4 Å². The lowest BCUT2D eigenvalue weighted by atomic mass is 10.00. The van der Waals surface area contributed by atoms with E-state index in [9.17, 15) is 4.79 Å². The zero-order chi connectivity index (χ0) is 26.8. The van der Waals surface area contributed by atoms with Crippen LogP contribution in [0.15, 0.2) is 48.0 Å². The van der Waals surface area contributed by atoms with Crippen LogP contribution in [0.2, 0.25) is 0 Å². The lowest BCUT2D eigenvalue weighted by molar-refractivity contribution is 0.244. The molecule has 10 heteroatoms. The molecular weight excluding hydrogens is 503 g/mol. The van der Waals surface area contributed by atoms with Crippen molar-refractivity contribution in [1.82, 2.24) is 19.7 Å². The van der Waals surface area contributed by atoms with E-state index in [1.165, 1.54) is 12.1 Å². The predicted octanol–water partition coefficient (Wildman–Crippen LogP) is 5.53. The Kier molecular flexibility index (Phi) is 7.44. The van der Waals surface area contributed by atoms with Gasteiger partial charge in [-0.3, -0.25) is 4.90 Å². The molecule has 0 bridgehead atoms. The number of primary amides is 1. The highest BCUT2D eigenvalue weighted by Gasteiger charge is 2.28. The van der Waals surface area contributed by atoms with Crippen molar-refractivity contribution in [2.24, 2.45) is 11.7 Å². The van der Waals surface area contributed by atoms with Crippen LogP contribution in [0.3, 0.4) is 0 Å². The Hall–Kier alpha value is -3.76. The molecule has 0 radical (unpaired) electrons. The highest BCUT2D eigenvalue weighted by Crippen LogP contribution is 2.38. The Morgan fingerprint density at radius 2 is 2.13 bits per heavy atom. The number of nitrogens with zero attached hydrogens (tertiary/aromatic N) is 4. The number of anilines is 1. The first kappa shape index (κ1) is 25.9. The fraction of sp³-hybridized carbons (Fsp3) is 0.321. The fourth-order valence-electron chi connectivity index (χ4n) is 4.72. The molecule has 0 aliphatic carbocycles. The molecule has 2 aromatic carbocycles. The minimum atomic E-state index is -0.816. The Bertz CT molecular complexity index is 1450. The van der Waals surface area contributed by atoms with Crippen LogP contribution in [0.5, 0.6) is 5.75 Å². The quantitative estimate of drug-likeness (QED) is 0.310. The third-order valence-corrected chi connectivity index (χ3v) is 7.21. The number of nitrogens with two attached hydrogens (primary N) is 1.